The van der Waals surface area contributed by atoms with Crippen LogP contribution < -0.4 is 5.32 Å². The summed E-state index contributed by atoms with van der Waals surface area (Å²) in [7, 11) is 0. The van der Waals surface area contributed by atoms with Crippen LogP contribution in [0.4, 0.5) is 0 Å². The predicted molar refractivity (Wildman–Crippen MR) is 64.6 cm³/mol. The number of carboxylic acids is 1. The van der Waals surface area contributed by atoms with E-state index >= 15 is 0 Å². The molecule has 1 fully saturated rings. The fourth-order valence-electron chi connectivity index (χ4n) is 2.13. The molecule has 0 aliphatic carbocycles. The summed E-state index contributed by atoms with van der Waals surface area (Å²) in [5.74, 6) is -0.707. The number of likely N-dealkylation sites (tertiary alicyclic amines) is 1. The van der Waals surface area contributed by atoms with Crippen molar-refractivity contribution in [3.8, 4) is 6.07 Å². The zero-order chi connectivity index (χ0) is 13.5. The van der Waals surface area contributed by atoms with Gasteiger partial charge in [-0.3, -0.25) is 14.5 Å². The average molecular weight is 253 g/mol. The van der Waals surface area contributed by atoms with E-state index in [4.69, 9.17) is 10.4 Å². The maximum atomic E-state index is 11.6. The normalized spacial score (nSPS) is 24.2. The predicted octanol–water partition coefficient (Wildman–Crippen LogP) is 0.201. The fraction of sp³-hybridized carbons (Fsp3) is 0.750. The van der Waals surface area contributed by atoms with E-state index in [0.29, 0.717) is 25.4 Å². The van der Waals surface area contributed by atoms with Gasteiger partial charge in [0.1, 0.15) is 6.04 Å². The molecule has 100 valence electrons. The highest BCUT2D eigenvalue weighted by Gasteiger charge is 2.32. The number of carbonyl (C=O) groups is 2. The van der Waals surface area contributed by atoms with E-state index in [9.17, 15) is 9.59 Å². The van der Waals surface area contributed by atoms with E-state index in [2.05, 4.69) is 5.32 Å². The number of nitrogens with one attached hydrogen (secondary N) is 1. The van der Waals surface area contributed by atoms with Gasteiger partial charge in [0.2, 0.25) is 5.91 Å². The molecule has 1 saturated heterocycles. The topological polar surface area (TPSA) is 93.4 Å². The molecule has 0 aromatic rings. The highest BCUT2D eigenvalue weighted by atomic mass is 16.4. The molecular weight excluding hydrogens is 234 g/mol. The molecular formula is C12H19N3O3. The van der Waals surface area contributed by atoms with E-state index < -0.39 is 12.0 Å². The fourth-order valence-corrected chi connectivity index (χ4v) is 2.13. The zero-order valence-electron chi connectivity index (χ0n) is 10.6. The number of carboxylic acid groups (broad SMARTS) is 1. The first-order valence-electron chi connectivity index (χ1n) is 6.15. The van der Waals surface area contributed by atoms with Crippen molar-refractivity contribution in [3.05, 3.63) is 0 Å². The molecule has 0 aromatic carbocycles. The summed E-state index contributed by atoms with van der Waals surface area (Å²) in [6.07, 6.45) is 1.77. The Morgan fingerprint density at radius 3 is 2.89 bits per heavy atom. The molecule has 2 unspecified atom stereocenters. The van der Waals surface area contributed by atoms with Crippen LogP contribution in [0, 0.1) is 17.2 Å². The van der Waals surface area contributed by atoms with E-state index in [1.807, 2.05) is 13.0 Å². The number of amides is 1. The number of nitrogens with zero attached hydrogens (tertiary/aromatic N) is 2. The minimum atomic E-state index is -0.869. The first kappa shape index (κ1) is 14.5. The monoisotopic (exact) mass is 253 g/mol. The lowest BCUT2D eigenvalue weighted by atomic mass is 9.92. The number of hydrogen-bond acceptors (Lipinski definition) is 4. The lowest BCUT2D eigenvalue weighted by Gasteiger charge is -2.35. The number of aliphatic carboxylic acids is 1. The largest absolute Gasteiger partial charge is 0.480 e. The van der Waals surface area contributed by atoms with Gasteiger partial charge >= 0.3 is 5.97 Å². The second kappa shape index (κ2) is 6.97. The summed E-state index contributed by atoms with van der Waals surface area (Å²) in [5.41, 5.74) is 0. The highest BCUT2D eigenvalue weighted by molar-refractivity contribution is 5.80. The molecule has 1 heterocycles. The van der Waals surface area contributed by atoms with E-state index in [-0.39, 0.29) is 18.9 Å². The molecule has 0 aromatic heterocycles. The maximum absolute atomic E-state index is 11.6. The van der Waals surface area contributed by atoms with Crippen LogP contribution in [-0.2, 0) is 9.59 Å². The molecule has 0 spiro atoms. The Balaban J connectivity index is 2.46. The van der Waals surface area contributed by atoms with Crippen LogP contribution in [0.5, 0.6) is 0 Å². The van der Waals surface area contributed by atoms with Crippen molar-refractivity contribution in [1.82, 2.24) is 10.2 Å². The molecule has 1 amide bonds. The smallest absolute Gasteiger partial charge is 0.320 e. The van der Waals surface area contributed by atoms with Crippen molar-refractivity contribution < 1.29 is 14.7 Å². The third kappa shape index (κ3) is 4.34. The van der Waals surface area contributed by atoms with E-state index in [1.165, 1.54) is 0 Å². The quantitative estimate of drug-likeness (QED) is 0.683. The molecule has 0 bridgehead atoms. The summed E-state index contributed by atoms with van der Waals surface area (Å²) in [6.45, 7) is 3.07. The summed E-state index contributed by atoms with van der Waals surface area (Å²) in [4.78, 5) is 24.4. The number of nitriles is 1. The minimum Gasteiger partial charge on any atom is -0.480 e. The number of hydrogen-bond donors (Lipinski definition) is 2. The Morgan fingerprint density at radius 2 is 2.28 bits per heavy atom. The maximum Gasteiger partial charge on any atom is 0.320 e. The Kier molecular flexibility index (Phi) is 5.59. The van der Waals surface area contributed by atoms with Gasteiger partial charge in [0.15, 0.2) is 0 Å². The lowest BCUT2D eigenvalue weighted by molar-refractivity contribution is -0.146. The van der Waals surface area contributed by atoms with Crippen LogP contribution in [-0.4, -0.2) is 47.6 Å². The molecule has 6 heteroatoms. The summed E-state index contributed by atoms with van der Waals surface area (Å²) in [6, 6.07) is 1.36. The average Bonchev–Trinajstić information content (AvgIpc) is 2.31. The first-order valence-corrected chi connectivity index (χ1v) is 6.15. The molecule has 0 saturated carbocycles. The van der Waals surface area contributed by atoms with Crippen molar-refractivity contribution in [2.24, 2.45) is 5.92 Å². The summed E-state index contributed by atoms with van der Waals surface area (Å²) < 4.78 is 0. The second-order valence-electron chi connectivity index (χ2n) is 4.71. The molecule has 2 atom stereocenters. The van der Waals surface area contributed by atoms with Gasteiger partial charge in [0.25, 0.3) is 0 Å². The Hall–Kier alpha value is -1.61. The van der Waals surface area contributed by atoms with Crippen LogP contribution in [0.1, 0.15) is 26.2 Å². The van der Waals surface area contributed by atoms with Crippen molar-refractivity contribution in [2.45, 2.75) is 32.2 Å². The van der Waals surface area contributed by atoms with Gasteiger partial charge in [-0.2, -0.15) is 5.26 Å². The molecule has 1 aliphatic rings. The molecule has 1 aliphatic heterocycles. The van der Waals surface area contributed by atoms with Gasteiger partial charge in [0.05, 0.1) is 19.0 Å². The van der Waals surface area contributed by atoms with Crippen LogP contribution in [0.3, 0.4) is 0 Å². The van der Waals surface area contributed by atoms with Gasteiger partial charge in [0, 0.05) is 6.54 Å². The van der Waals surface area contributed by atoms with Crippen LogP contribution in [0.2, 0.25) is 0 Å². The van der Waals surface area contributed by atoms with E-state index in [1.54, 1.807) is 4.90 Å². The van der Waals surface area contributed by atoms with Crippen LogP contribution in [0.15, 0.2) is 0 Å². The van der Waals surface area contributed by atoms with Crippen molar-refractivity contribution >= 4 is 11.9 Å². The van der Waals surface area contributed by atoms with Gasteiger partial charge in [-0.25, -0.2) is 0 Å². The van der Waals surface area contributed by atoms with Gasteiger partial charge < -0.3 is 10.4 Å². The zero-order valence-corrected chi connectivity index (χ0v) is 10.6. The molecule has 2 N–H and O–H groups in total. The molecule has 1 rings (SSSR count). The van der Waals surface area contributed by atoms with Crippen molar-refractivity contribution in [2.75, 3.05) is 19.6 Å². The van der Waals surface area contributed by atoms with Gasteiger partial charge in [-0.1, -0.05) is 6.92 Å². The SMILES string of the molecule is CC1CCN(CC(=O)NCCC#N)C(C(=O)O)C1. The molecule has 18 heavy (non-hydrogen) atoms. The minimum absolute atomic E-state index is 0.0924. The number of piperidine rings is 1. The first-order chi connectivity index (χ1) is 8.54. The third-order valence-corrected chi connectivity index (χ3v) is 3.17. The van der Waals surface area contributed by atoms with Crippen LogP contribution in [0.25, 0.3) is 0 Å². The Bertz CT molecular complexity index is 351. The van der Waals surface area contributed by atoms with Crippen molar-refractivity contribution in [3.63, 3.8) is 0 Å². The summed E-state index contributed by atoms with van der Waals surface area (Å²) in [5, 5.41) is 20.1. The van der Waals surface area contributed by atoms with Gasteiger partial charge in [-0.15, -0.1) is 0 Å². The second-order valence-corrected chi connectivity index (χ2v) is 4.71. The molecule has 0 radical (unpaired) electrons. The number of rotatable bonds is 5. The van der Waals surface area contributed by atoms with Gasteiger partial charge in [-0.05, 0) is 25.3 Å². The third-order valence-electron chi connectivity index (χ3n) is 3.17. The highest BCUT2D eigenvalue weighted by Crippen LogP contribution is 2.22. The van der Waals surface area contributed by atoms with E-state index in [0.717, 1.165) is 6.42 Å². The Morgan fingerprint density at radius 1 is 1.56 bits per heavy atom. The molecule has 6 nitrogen and oxygen atoms in total. The Labute approximate surface area is 107 Å². The van der Waals surface area contributed by atoms with Crippen molar-refractivity contribution in [1.29, 1.82) is 5.26 Å². The number of carbonyl (C=O) groups excluding carboxylic acids is 1. The lowest BCUT2D eigenvalue weighted by Crippen LogP contribution is -2.50. The summed E-state index contributed by atoms with van der Waals surface area (Å²) >= 11 is 0. The standard InChI is InChI=1S/C12H19N3O3/c1-9-3-6-15(10(7-9)12(17)18)8-11(16)14-5-2-4-13/h9-10H,2-3,5-8H2,1H3,(H,14,16)(H,17,18). The van der Waals surface area contributed by atoms with Crippen LogP contribution >= 0.6 is 0 Å².